The van der Waals surface area contributed by atoms with Gasteiger partial charge < -0.3 is 14.4 Å². The Morgan fingerprint density at radius 1 is 1.24 bits per heavy atom. The number of nitrogens with zero attached hydrogens (tertiary/aromatic N) is 1. The van der Waals surface area contributed by atoms with Gasteiger partial charge in [-0.1, -0.05) is 0 Å². The van der Waals surface area contributed by atoms with Gasteiger partial charge in [-0.15, -0.1) is 0 Å². The number of methoxy groups -OCH3 is 1. The highest BCUT2D eigenvalue weighted by Crippen LogP contribution is 2.28. The summed E-state index contributed by atoms with van der Waals surface area (Å²) in [4.78, 5) is 22.2. The minimum atomic E-state index is -1.19. The maximum absolute atomic E-state index is 13.7. The lowest BCUT2D eigenvalue weighted by atomic mass is 10.1. The minimum absolute atomic E-state index is 0.171. The zero-order valence-electron chi connectivity index (χ0n) is 11.0. The highest BCUT2D eigenvalue weighted by Gasteiger charge is 2.13. The fourth-order valence-electron chi connectivity index (χ4n) is 1.89. The van der Waals surface area contributed by atoms with Crippen molar-refractivity contribution >= 4 is 5.97 Å². The van der Waals surface area contributed by atoms with Crippen molar-refractivity contribution in [2.24, 2.45) is 0 Å². The van der Waals surface area contributed by atoms with Crippen molar-refractivity contribution in [1.29, 1.82) is 0 Å². The molecule has 0 saturated heterocycles. The number of aromatic nitrogens is 1. The molecule has 110 valence electrons. The maximum atomic E-state index is 13.7. The Balaban J connectivity index is 2.52. The van der Waals surface area contributed by atoms with E-state index in [9.17, 15) is 18.4 Å². The summed E-state index contributed by atoms with van der Waals surface area (Å²) in [6.07, 6.45) is 1.23. The van der Waals surface area contributed by atoms with Crippen LogP contribution in [0.1, 0.15) is 0 Å². The molecule has 21 heavy (non-hydrogen) atoms. The first-order valence-electron chi connectivity index (χ1n) is 5.88. The smallest absolute Gasteiger partial charge is 0.323 e. The SMILES string of the molecule is COc1c(F)cc(-c2ccc(=O)n(CC(=O)O)c2)cc1F. The standard InChI is InChI=1S/C14H11F2NO4/c1-21-14-10(15)4-9(5-11(14)16)8-2-3-12(18)17(6-8)7-13(19)20/h2-6H,7H2,1H3,(H,19,20). The van der Waals surface area contributed by atoms with Crippen molar-refractivity contribution in [2.45, 2.75) is 6.54 Å². The maximum Gasteiger partial charge on any atom is 0.323 e. The summed E-state index contributed by atoms with van der Waals surface area (Å²) in [6, 6.07) is 4.60. The van der Waals surface area contributed by atoms with Crippen LogP contribution in [-0.2, 0) is 11.3 Å². The lowest BCUT2D eigenvalue weighted by Gasteiger charge is -2.09. The van der Waals surface area contributed by atoms with Crippen LogP contribution in [0.3, 0.4) is 0 Å². The van der Waals surface area contributed by atoms with Crippen molar-refractivity contribution in [2.75, 3.05) is 7.11 Å². The molecule has 0 unspecified atom stereocenters. The van der Waals surface area contributed by atoms with Crippen LogP contribution in [0.25, 0.3) is 11.1 Å². The van der Waals surface area contributed by atoms with Crippen molar-refractivity contribution in [3.8, 4) is 16.9 Å². The normalized spacial score (nSPS) is 10.4. The van der Waals surface area contributed by atoms with Gasteiger partial charge in [0.1, 0.15) is 6.54 Å². The molecule has 0 saturated carbocycles. The van der Waals surface area contributed by atoms with Gasteiger partial charge in [-0.2, -0.15) is 0 Å². The Kier molecular flexibility index (Phi) is 4.02. The zero-order valence-corrected chi connectivity index (χ0v) is 11.0. The van der Waals surface area contributed by atoms with Gasteiger partial charge >= 0.3 is 5.97 Å². The van der Waals surface area contributed by atoms with E-state index in [1.165, 1.54) is 12.3 Å². The molecule has 1 N–H and O–H groups in total. The number of aliphatic carboxylic acids is 1. The highest BCUT2D eigenvalue weighted by molar-refractivity contribution is 5.67. The largest absolute Gasteiger partial charge is 0.491 e. The first kappa shape index (κ1) is 14.7. The molecule has 2 aromatic rings. The van der Waals surface area contributed by atoms with E-state index in [1.54, 1.807) is 0 Å². The van der Waals surface area contributed by atoms with E-state index < -0.39 is 35.5 Å². The van der Waals surface area contributed by atoms with Crippen LogP contribution in [0, 0.1) is 11.6 Å². The monoisotopic (exact) mass is 295 g/mol. The predicted molar refractivity (Wildman–Crippen MR) is 70.2 cm³/mol. The number of rotatable bonds is 4. The minimum Gasteiger partial charge on any atom is -0.491 e. The van der Waals surface area contributed by atoms with Gasteiger partial charge in [0, 0.05) is 12.3 Å². The third-order valence-corrected chi connectivity index (χ3v) is 2.82. The molecule has 2 rings (SSSR count). The van der Waals surface area contributed by atoms with Crippen molar-refractivity contribution in [3.63, 3.8) is 0 Å². The number of halogens is 2. The van der Waals surface area contributed by atoms with Crippen LogP contribution in [-0.4, -0.2) is 22.8 Å². The molecule has 1 aromatic heterocycles. The van der Waals surface area contributed by atoms with E-state index in [-0.39, 0.29) is 5.56 Å². The quantitative estimate of drug-likeness (QED) is 0.935. The van der Waals surface area contributed by atoms with Gasteiger partial charge in [0.05, 0.1) is 7.11 Å². The molecule has 0 radical (unpaired) electrons. The summed E-state index contributed by atoms with van der Waals surface area (Å²) < 4.78 is 32.8. The molecule has 1 heterocycles. The fourth-order valence-corrected chi connectivity index (χ4v) is 1.89. The lowest BCUT2D eigenvalue weighted by molar-refractivity contribution is -0.137. The third kappa shape index (κ3) is 3.07. The number of carboxylic acids is 1. The summed E-state index contributed by atoms with van der Waals surface area (Å²) in [7, 11) is 1.15. The molecule has 0 aliphatic heterocycles. The summed E-state index contributed by atoms with van der Waals surface area (Å²) in [5, 5.41) is 8.71. The summed E-state index contributed by atoms with van der Waals surface area (Å²) in [5.41, 5.74) is -0.0307. The topological polar surface area (TPSA) is 68.5 Å². The zero-order chi connectivity index (χ0) is 15.6. The second kappa shape index (κ2) is 5.74. The Morgan fingerprint density at radius 3 is 2.38 bits per heavy atom. The molecule has 0 atom stereocenters. The Labute approximate surface area is 118 Å². The summed E-state index contributed by atoms with van der Waals surface area (Å²) in [5.74, 6) is -3.47. The van der Waals surface area contributed by atoms with Crippen LogP contribution in [0.2, 0.25) is 0 Å². The molecule has 0 spiro atoms. The Morgan fingerprint density at radius 2 is 1.86 bits per heavy atom. The summed E-state index contributed by atoms with van der Waals surface area (Å²) >= 11 is 0. The van der Waals surface area contributed by atoms with E-state index in [2.05, 4.69) is 4.74 Å². The van der Waals surface area contributed by atoms with Crippen molar-refractivity contribution in [3.05, 3.63) is 52.5 Å². The van der Waals surface area contributed by atoms with Gasteiger partial charge in [-0.05, 0) is 29.3 Å². The molecule has 7 heteroatoms. The fraction of sp³-hybridized carbons (Fsp3) is 0.143. The number of carbonyl (C=O) groups is 1. The second-order valence-corrected chi connectivity index (χ2v) is 4.25. The van der Waals surface area contributed by atoms with Crippen LogP contribution >= 0.6 is 0 Å². The average molecular weight is 295 g/mol. The third-order valence-electron chi connectivity index (χ3n) is 2.82. The van der Waals surface area contributed by atoms with Crippen LogP contribution in [0.15, 0.2) is 35.3 Å². The van der Waals surface area contributed by atoms with E-state index >= 15 is 0 Å². The van der Waals surface area contributed by atoms with Crippen LogP contribution < -0.4 is 10.3 Å². The lowest BCUT2D eigenvalue weighted by Crippen LogP contribution is -2.22. The number of ether oxygens (including phenoxy) is 1. The van der Waals surface area contributed by atoms with Crippen LogP contribution in [0.4, 0.5) is 8.78 Å². The van der Waals surface area contributed by atoms with E-state index in [0.29, 0.717) is 5.56 Å². The molecule has 0 aliphatic rings. The first-order valence-corrected chi connectivity index (χ1v) is 5.88. The molecule has 0 aliphatic carbocycles. The van der Waals surface area contributed by atoms with Gasteiger partial charge in [0.25, 0.3) is 5.56 Å². The molecular weight excluding hydrogens is 284 g/mol. The van der Waals surface area contributed by atoms with Gasteiger partial charge in [-0.3, -0.25) is 9.59 Å². The Bertz CT molecular complexity index is 732. The van der Waals surface area contributed by atoms with Crippen molar-refractivity contribution < 1.29 is 23.4 Å². The Hall–Kier alpha value is -2.70. The van der Waals surface area contributed by atoms with E-state index in [1.807, 2.05) is 0 Å². The van der Waals surface area contributed by atoms with E-state index in [0.717, 1.165) is 29.9 Å². The molecule has 0 fully saturated rings. The molecular formula is C14H11F2NO4. The van der Waals surface area contributed by atoms with E-state index in [4.69, 9.17) is 5.11 Å². The van der Waals surface area contributed by atoms with Crippen LogP contribution in [0.5, 0.6) is 5.75 Å². The number of carboxylic acid groups (broad SMARTS) is 1. The number of benzene rings is 1. The van der Waals surface area contributed by atoms with Gasteiger partial charge in [0.2, 0.25) is 0 Å². The summed E-state index contributed by atoms with van der Waals surface area (Å²) in [6.45, 7) is -0.534. The molecule has 1 aromatic carbocycles. The first-order chi connectivity index (χ1) is 9.92. The number of hydrogen-bond donors (Lipinski definition) is 1. The molecule has 0 bridgehead atoms. The highest BCUT2D eigenvalue weighted by atomic mass is 19.1. The van der Waals surface area contributed by atoms with Gasteiger partial charge in [-0.25, -0.2) is 8.78 Å². The average Bonchev–Trinajstić information content (AvgIpc) is 2.40. The van der Waals surface area contributed by atoms with Gasteiger partial charge in [0.15, 0.2) is 17.4 Å². The second-order valence-electron chi connectivity index (χ2n) is 4.25. The molecule has 0 amide bonds. The molecule has 5 nitrogen and oxygen atoms in total. The number of pyridine rings is 1. The predicted octanol–water partition coefficient (Wildman–Crippen LogP) is 1.89. The van der Waals surface area contributed by atoms with Crippen molar-refractivity contribution in [1.82, 2.24) is 4.57 Å². The number of hydrogen-bond acceptors (Lipinski definition) is 3.